The number of pyridine rings is 1. The molecule has 4 rings (SSSR count). The summed E-state index contributed by atoms with van der Waals surface area (Å²) in [5.41, 5.74) is 2.05. The highest BCUT2D eigenvalue weighted by Gasteiger charge is 2.40. The van der Waals surface area contributed by atoms with Gasteiger partial charge in [0, 0.05) is 36.6 Å². The number of carbonyl (C=O) groups is 2. The van der Waals surface area contributed by atoms with Gasteiger partial charge in [-0.3, -0.25) is 19.5 Å². The van der Waals surface area contributed by atoms with Gasteiger partial charge >= 0.3 is 5.97 Å². The number of rotatable bonds is 6. The van der Waals surface area contributed by atoms with Gasteiger partial charge in [-0.25, -0.2) is 4.98 Å². The van der Waals surface area contributed by atoms with Crippen LogP contribution < -0.4 is 10.2 Å². The van der Waals surface area contributed by atoms with Crippen molar-refractivity contribution in [1.29, 1.82) is 0 Å². The van der Waals surface area contributed by atoms with E-state index in [9.17, 15) is 9.59 Å². The Labute approximate surface area is 173 Å². The van der Waals surface area contributed by atoms with Crippen LogP contribution in [0, 0.1) is 5.41 Å². The zero-order chi connectivity index (χ0) is 20.3. The average Bonchev–Trinajstić information content (AvgIpc) is 3.31. The molecule has 2 aliphatic rings. The quantitative estimate of drug-likeness (QED) is 0.745. The molecule has 0 atom stereocenters. The lowest BCUT2D eigenvalue weighted by molar-refractivity contribution is -0.136. The number of anilines is 2. The van der Waals surface area contributed by atoms with Crippen molar-refractivity contribution >= 4 is 34.0 Å². The summed E-state index contributed by atoms with van der Waals surface area (Å²) in [5, 5.41) is 13.7. The number of nitrogens with one attached hydrogen (secondary N) is 1. The predicted molar refractivity (Wildman–Crippen MR) is 111 cm³/mol. The van der Waals surface area contributed by atoms with E-state index in [4.69, 9.17) is 5.11 Å². The Morgan fingerprint density at radius 1 is 1.17 bits per heavy atom. The molecule has 0 aromatic carbocycles. The third-order valence-electron chi connectivity index (χ3n) is 5.88. The van der Waals surface area contributed by atoms with Crippen molar-refractivity contribution in [1.82, 2.24) is 14.9 Å². The van der Waals surface area contributed by atoms with Gasteiger partial charge in [0.05, 0.1) is 18.7 Å². The molecule has 2 aromatic heterocycles. The second-order valence-electron chi connectivity index (χ2n) is 7.92. The molecule has 2 aromatic rings. The first-order chi connectivity index (χ1) is 14.0. The Balaban J connectivity index is 1.24. The molecule has 8 nitrogen and oxygen atoms in total. The van der Waals surface area contributed by atoms with Gasteiger partial charge in [0.1, 0.15) is 0 Å². The molecular formula is C20H25N5O3S. The molecule has 2 N–H and O–H groups in total. The monoisotopic (exact) mass is 415 g/mol. The number of aromatic nitrogens is 2. The summed E-state index contributed by atoms with van der Waals surface area (Å²) in [6.07, 6.45) is 6.95. The van der Waals surface area contributed by atoms with E-state index in [1.807, 2.05) is 12.4 Å². The molecule has 154 valence electrons. The Bertz CT molecular complexity index is 864. The van der Waals surface area contributed by atoms with Crippen molar-refractivity contribution in [2.45, 2.75) is 25.7 Å². The first-order valence-electron chi connectivity index (χ1n) is 9.85. The maximum absolute atomic E-state index is 12.3. The SMILES string of the molecule is O=C(O)Cc1csc(NC(=O)CN2CCC3(CC2)CCN(c2ccncc2)C3)n1. The molecule has 2 aliphatic heterocycles. The lowest BCUT2D eigenvalue weighted by Crippen LogP contribution is -2.44. The Morgan fingerprint density at radius 3 is 2.62 bits per heavy atom. The number of hydrogen-bond acceptors (Lipinski definition) is 7. The van der Waals surface area contributed by atoms with Gasteiger partial charge in [0.2, 0.25) is 5.91 Å². The van der Waals surface area contributed by atoms with Crippen LogP contribution in [0.2, 0.25) is 0 Å². The van der Waals surface area contributed by atoms with Gasteiger partial charge in [-0.2, -0.15) is 0 Å². The van der Waals surface area contributed by atoms with Crippen molar-refractivity contribution in [3.05, 3.63) is 35.6 Å². The molecule has 4 heterocycles. The summed E-state index contributed by atoms with van der Waals surface area (Å²) in [6, 6.07) is 4.14. The zero-order valence-corrected chi connectivity index (χ0v) is 17.0. The number of thiazole rings is 1. The number of amides is 1. The summed E-state index contributed by atoms with van der Waals surface area (Å²) in [7, 11) is 0. The van der Waals surface area contributed by atoms with Crippen LogP contribution in [0.15, 0.2) is 29.9 Å². The lowest BCUT2D eigenvalue weighted by atomic mass is 9.78. The van der Waals surface area contributed by atoms with Crippen LogP contribution in [0.3, 0.4) is 0 Å². The lowest BCUT2D eigenvalue weighted by Gasteiger charge is -2.39. The van der Waals surface area contributed by atoms with E-state index in [1.165, 1.54) is 23.4 Å². The first kappa shape index (κ1) is 19.8. The van der Waals surface area contributed by atoms with Crippen molar-refractivity contribution in [3.8, 4) is 0 Å². The minimum absolute atomic E-state index is 0.0954. The van der Waals surface area contributed by atoms with E-state index in [1.54, 1.807) is 5.38 Å². The predicted octanol–water partition coefficient (Wildman–Crippen LogP) is 2.10. The molecule has 0 saturated carbocycles. The second-order valence-corrected chi connectivity index (χ2v) is 8.77. The normalized spacial score (nSPS) is 18.8. The number of carboxylic acid groups (broad SMARTS) is 1. The van der Waals surface area contributed by atoms with E-state index in [2.05, 4.69) is 37.2 Å². The average molecular weight is 416 g/mol. The molecule has 9 heteroatoms. The number of nitrogens with zero attached hydrogens (tertiary/aromatic N) is 4. The van der Waals surface area contributed by atoms with E-state index in [-0.39, 0.29) is 12.3 Å². The number of hydrogen-bond donors (Lipinski definition) is 2. The van der Waals surface area contributed by atoms with Gasteiger partial charge in [-0.05, 0) is 49.9 Å². The number of aliphatic carboxylic acids is 1. The van der Waals surface area contributed by atoms with Crippen LogP contribution in [0.5, 0.6) is 0 Å². The van der Waals surface area contributed by atoms with E-state index in [0.29, 0.717) is 22.8 Å². The van der Waals surface area contributed by atoms with Crippen LogP contribution in [0.25, 0.3) is 0 Å². The first-order valence-corrected chi connectivity index (χ1v) is 10.7. The van der Waals surface area contributed by atoms with Crippen LogP contribution in [0.1, 0.15) is 25.0 Å². The van der Waals surface area contributed by atoms with Gasteiger partial charge in [0.25, 0.3) is 0 Å². The molecule has 0 aliphatic carbocycles. The fourth-order valence-electron chi connectivity index (χ4n) is 4.27. The van der Waals surface area contributed by atoms with E-state index < -0.39 is 5.97 Å². The molecular weight excluding hydrogens is 390 g/mol. The molecule has 1 amide bonds. The van der Waals surface area contributed by atoms with E-state index >= 15 is 0 Å². The summed E-state index contributed by atoms with van der Waals surface area (Å²) < 4.78 is 0. The number of piperidine rings is 1. The second kappa shape index (κ2) is 8.46. The number of likely N-dealkylation sites (tertiary alicyclic amines) is 1. The fraction of sp³-hybridized carbons (Fsp3) is 0.500. The van der Waals surface area contributed by atoms with Crippen LogP contribution in [0.4, 0.5) is 10.8 Å². The zero-order valence-electron chi connectivity index (χ0n) is 16.2. The third-order valence-corrected chi connectivity index (χ3v) is 6.69. The molecule has 2 saturated heterocycles. The minimum atomic E-state index is -0.926. The van der Waals surface area contributed by atoms with Crippen LogP contribution in [-0.4, -0.2) is 64.6 Å². The van der Waals surface area contributed by atoms with Gasteiger partial charge < -0.3 is 15.3 Å². The number of carboxylic acids is 1. The molecule has 0 bridgehead atoms. The standard InChI is InChI=1S/C20H25N5O3S/c26-17(23-19-22-15(13-29-19)11-18(27)28)12-24-8-3-20(4-9-24)5-10-25(14-20)16-1-6-21-7-2-16/h1-2,6-7,13H,3-5,8-12,14H2,(H,27,28)(H,22,23,26). The van der Waals surface area contributed by atoms with Crippen LogP contribution >= 0.6 is 11.3 Å². The van der Waals surface area contributed by atoms with Crippen molar-refractivity contribution < 1.29 is 14.7 Å². The van der Waals surface area contributed by atoms with Crippen molar-refractivity contribution in [2.75, 3.05) is 42.9 Å². The highest BCUT2D eigenvalue weighted by molar-refractivity contribution is 7.13. The molecule has 0 radical (unpaired) electrons. The molecule has 2 fully saturated rings. The van der Waals surface area contributed by atoms with Crippen molar-refractivity contribution in [3.63, 3.8) is 0 Å². The van der Waals surface area contributed by atoms with Gasteiger partial charge in [0.15, 0.2) is 5.13 Å². The highest BCUT2D eigenvalue weighted by atomic mass is 32.1. The highest BCUT2D eigenvalue weighted by Crippen LogP contribution is 2.41. The summed E-state index contributed by atoms with van der Waals surface area (Å²) >= 11 is 1.26. The topological polar surface area (TPSA) is 98.7 Å². The molecule has 29 heavy (non-hydrogen) atoms. The van der Waals surface area contributed by atoms with Crippen molar-refractivity contribution in [2.24, 2.45) is 5.41 Å². The Kier molecular flexibility index (Phi) is 5.77. The molecule has 1 spiro atoms. The minimum Gasteiger partial charge on any atom is -0.481 e. The van der Waals surface area contributed by atoms with Crippen LogP contribution in [-0.2, 0) is 16.0 Å². The third kappa shape index (κ3) is 4.91. The fourth-order valence-corrected chi connectivity index (χ4v) is 4.99. The summed E-state index contributed by atoms with van der Waals surface area (Å²) in [4.78, 5) is 36.0. The van der Waals surface area contributed by atoms with E-state index in [0.717, 1.165) is 39.0 Å². The Morgan fingerprint density at radius 2 is 1.90 bits per heavy atom. The largest absolute Gasteiger partial charge is 0.481 e. The summed E-state index contributed by atoms with van der Waals surface area (Å²) in [6.45, 7) is 4.33. The van der Waals surface area contributed by atoms with Gasteiger partial charge in [-0.1, -0.05) is 0 Å². The smallest absolute Gasteiger partial charge is 0.309 e. The molecule has 0 unspecified atom stereocenters. The maximum atomic E-state index is 12.3. The van der Waals surface area contributed by atoms with Gasteiger partial charge in [-0.15, -0.1) is 11.3 Å². The maximum Gasteiger partial charge on any atom is 0.309 e. The number of carbonyl (C=O) groups excluding carboxylic acids is 1. The summed E-state index contributed by atoms with van der Waals surface area (Å²) in [5.74, 6) is -1.02. The Hall–Kier alpha value is -2.52.